The highest BCUT2D eigenvalue weighted by atomic mass is 16.6. The molecule has 1 amide bonds. The molecule has 0 spiro atoms. The van der Waals surface area contributed by atoms with E-state index in [2.05, 4.69) is 22.2 Å². The first-order valence-corrected chi connectivity index (χ1v) is 9.73. The molecule has 30 heavy (non-hydrogen) atoms. The first kappa shape index (κ1) is 19.6. The predicted molar refractivity (Wildman–Crippen MR) is 108 cm³/mol. The van der Waals surface area contributed by atoms with Gasteiger partial charge in [-0.1, -0.05) is 25.1 Å². The number of benzene rings is 1. The number of hydrogen-bond acceptors (Lipinski definition) is 7. The number of piperidine rings is 1. The number of fused-ring (bicyclic) bond motifs is 1. The largest absolute Gasteiger partial charge is 0.342 e. The van der Waals surface area contributed by atoms with Crippen molar-refractivity contribution in [1.29, 1.82) is 5.26 Å². The Hall–Kier alpha value is -3.74. The van der Waals surface area contributed by atoms with Gasteiger partial charge in [0.2, 0.25) is 11.9 Å². The number of anilines is 2. The second kappa shape index (κ2) is 7.59. The number of nitro groups is 1. The normalized spacial score (nSPS) is 21.5. The molecule has 0 saturated carbocycles. The van der Waals surface area contributed by atoms with Crippen LogP contribution >= 0.6 is 0 Å². The van der Waals surface area contributed by atoms with E-state index in [9.17, 15) is 25.0 Å². The Morgan fingerprint density at radius 3 is 2.63 bits per heavy atom. The van der Waals surface area contributed by atoms with Crippen molar-refractivity contribution in [3.05, 3.63) is 55.9 Å². The van der Waals surface area contributed by atoms with Gasteiger partial charge < -0.3 is 10.2 Å². The van der Waals surface area contributed by atoms with Crippen molar-refractivity contribution in [1.82, 2.24) is 9.97 Å². The maximum atomic E-state index is 13.1. The van der Waals surface area contributed by atoms with Crippen LogP contribution in [0, 0.1) is 33.3 Å². The number of rotatable bonds is 3. The number of aromatic amines is 1. The summed E-state index contributed by atoms with van der Waals surface area (Å²) >= 11 is 0. The van der Waals surface area contributed by atoms with Crippen molar-refractivity contribution >= 4 is 23.4 Å². The van der Waals surface area contributed by atoms with Gasteiger partial charge in [-0.25, -0.2) is 0 Å². The standard InChI is InChI=1S/C20H20N6O4/c1-11-6-8-25(9-7-11)20-23-17-16(19(28)24-20)15(13(10-21)18(27)22-17)12-4-2-3-5-14(12)26(29)30/h2-5,11,13,15H,6-9H2,1H3,(H2,22,23,24,27,28). The van der Waals surface area contributed by atoms with Crippen LogP contribution in [0.5, 0.6) is 0 Å². The molecule has 2 aliphatic heterocycles. The van der Waals surface area contributed by atoms with Gasteiger partial charge in [-0.3, -0.25) is 24.7 Å². The Labute approximate surface area is 171 Å². The van der Waals surface area contributed by atoms with Gasteiger partial charge in [0.15, 0.2) is 0 Å². The molecule has 0 bridgehead atoms. The number of amides is 1. The molecule has 0 radical (unpaired) electrons. The molecule has 1 aromatic heterocycles. The molecule has 0 aliphatic carbocycles. The quantitative estimate of drug-likeness (QED) is 0.584. The highest BCUT2D eigenvalue weighted by Gasteiger charge is 2.43. The number of nitrogens with zero attached hydrogens (tertiary/aromatic N) is 4. The maximum Gasteiger partial charge on any atom is 0.273 e. The summed E-state index contributed by atoms with van der Waals surface area (Å²) < 4.78 is 0. The highest BCUT2D eigenvalue weighted by molar-refractivity contribution is 5.98. The third kappa shape index (κ3) is 3.28. The minimum Gasteiger partial charge on any atom is -0.342 e. The molecule has 10 nitrogen and oxygen atoms in total. The van der Waals surface area contributed by atoms with Crippen molar-refractivity contribution in [2.45, 2.75) is 25.7 Å². The molecule has 1 saturated heterocycles. The average Bonchev–Trinajstić information content (AvgIpc) is 2.73. The zero-order valence-corrected chi connectivity index (χ0v) is 16.3. The van der Waals surface area contributed by atoms with Crippen LogP contribution in [0.25, 0.3) is 0 Å². The lowest BCUT2D eigenvalue weighted by Gasteiger charge is -2.32. The summed E-state index contributed by atoms with van der Waals surface area (Å²) in [5, 5.41) is 23.7. The van der Waals surface area contributed by atoms with Crippen LogP contribution in [0.4, 0.5) is 17.5 Å². The lowest BCUT2D eigenvalue weighted by Crippen LogP contribution is -2.40. The number of carbonyl (C=O) groups is 1. The van der Waals surface area contributed by atoms with Crippen LogP contribution in [0.1, 0.15) is 36.8 Å². The smallest absolute Gasteiger partial charge is 0.273 e. The summed E-state index contributed by atoms with van der Waals surface area (Å²) in [5.74, 6) is -2.03. The first-order chi connectivity index (χ1) is 14.4. The third-order valence-electron chi connectivity index (χ3n) is 5.80. The van der Waals surface area contributed by atoms with Gasteiger partial charge in [0, 0.05) is 30.6 Å². The lowest BCUT2D eigenvalue weighted by molar-refractivity contribution is -0.385. The molecule has 154 valence electrons. The molecule has 2 aromatic rings. The molecule has 2 unspecified atom stereocenters. The number of para-hydroxylation sites is 1. The third-order valence-corrected chi connectivity index (χ3v) is 5.80. The topological polar surface area (TPSA) is 145 Å². The van der Waals surface area contributed by atoms with Crippen molar-refractivity contribution in [3.63, 3.8) is 0 Å². The number of H-pyrrole nitrogens is 1. The van der Waals surface area contributed by atoms with E-state index in [1.54, 1.807) is 6.07 Å². The monoisotopic (exact) mass is 408 g/mol. The summed E-state index contributed by atoms with van der Waals surface area (Å²) in [6.07, 6.45) is 1.92. The molecule has 4 rings (SSSR count). The van der Waals surface area contributed by atoms with Gasteiger partial charge in [-0.05, 0) is 18.8 Å². The Balaban J connectivity index is 1.86. The summed E-state index contributed by atoms with van der Waals surface area (Å²) in [5.41, 5.74) is -0.574. The van der Waals surface area contributed by atoms with Crippen molar-refractivity contribution < 1.29 is 9.72 Å². The van der Waals surface area contributed by atoms with Gasteiger partial charge in [-0.2, -0.15) is 10.2 Å². The molecule has 10 heteroatoms. The summed E-state index contributed by atoms with van der Waals surface area (Å²) in [6.45, 7) is 3.62. The number of aromatic nitrogens is 2. The Kier molecular flexibility index (Phi) is 4.95. The molecule has 2 aliphatic rings. The van der Waals surface area contributed by atoms with E-state index in [1.807, 2.05) is 11.0 Å². The van der Waals surface area contributed by atoms with Crippen molar-refractivity contribution in [2.24, 2.45) is 11.8 Å². The fourth-order valence-electron chi connectivity index (χ4n) is 4.12. The molecule has 3 heterocycles. The molecule has 1 aromatic carbocycles. The number of carbonyl (C=O) groups excluding carboxylic acids is 1. The number of nitriles is 1. The maximum absolute atomic E-state index is 13.1. The summed E-state index contributed by atoms with van der Waals surface area (Å²) in [6, 6.07) is 7.73. The van der Waals surface area contributed by atoms with E-state index < -0.39 is 28.2 Å². The van der Waals surface area contributed by atoms with E-state index >= 15 is 0 Å². The highest BCUT2D eigenvalue weighted by Crippen LogP contribution is 2.41. The van der Waals surface area contributed by atoms with Gasteiger partial charge in [-0.15, -0.1) is 0 Å². The zero-order valence-electron chi connectivity index (χ0n) is 16.3. The second-order valence-electron chi connectivity index (χ2n) is 7.71. The van der Waals surface area contributed by atoms with Crippen LogP contribution in [0.3, 0.4) is 0 Å². The van der Waals surface area contributed by atoms with Crippen molar-refractivity contribution in [3.8, 4) is 6.07 Å². The number of nitrogens with one attached hydrogen (secondary N) is 2. The van der Waals surface area contributed by atoms with E-state index in [0.29, 0.717) is 11.9 Å². The zero-order chi connectivity index (χ0) is 21.4. The lowest BCUT2D eigenvalue weighted by atomic mass is 9.78. The van der Waals surface area contributed by atoms with Gasteiger partial charge in [0.05, 0.1) is 16.6 Å². The fourth-order valence-corrected chi connectivity index (χ4v) is 4.12. The van der Waals surface area contributed by atoms with E-state index in [0.717, 1.165) is 25.9 Å². The van der Waals surface area contributed by atoms with Crippen molar-refractivity contribution in [2.75, 3.05) is 23.3 Å². The SMILES string of the molecule is CC1CCN(c2nc3c(c(=O)[nH]2)C(c2ccccc2[N+](=O)[O-])C(C#N)C(=O)N3)CC1. The minimum absolute atomic E-state index is 0.0482. The Morgan fingerprint density at radius 2 is 1.97 bits per heavy atom. The van der Waals surface area contributed by atoms with Crippen LogP contribution < -0.4 is 15.8 Å². The van der Waals surface area contributed by atoms with Gasteiger partial charge in [0.1, 0.15) is 11.7 Å². The molecule has 1 fully saturated rings. The van der Waals surface area contributed by atoms with Gasteiger partial charge in [0.25, 0.3) is 11.2 Å². The second-order valence-corrected chi connectivity index (χ2v) is 7.71. The Bertz CT molecular complexity index is 1110. The van der Waals surface area contributed by atoms with Crippen LogP contribution in [-0.2, 0) is 4.79 Å². The molecule has 2 N–H and O–H groups in total. The van der Waals surface area contributed by atoms with Crippen LogP contribution in [-0.4, -0.2) is 33.9 Å². The minimum atomic E-state index is -1.29. The predicted octanol–water partition coefficient (Wildman–Crippen LogP) is 2.14. The summed E-state index contributed by atoms with van der Waals surface area (Å²) in [4.78, 5) is 45.8. The summed E-state index contributed by atoms with van der Waals surface area (Å²) in [7, 11) is 0. The Morgan fingerprint density at radius 1 is 1.27 bits per heavy atom. The first-order valence-electron chi connectivity index (χ1n) is 9.73. The van der Waals surface area contributed by atoms with E-state index in [1.165, 1.54) is 18.2 Å². The average molecular weight is 408 g/mol. The molecular weight excluding hydrogens is 388 g/mol. The molecular formula is C20H20N6O4. The number of hydrogen-bond donors (Lipinski definition) is 2. The van der Waals surface area contributed by atoms with E-state index in [-0.39, 0.29) is 22.6 Å². The van der Waals surface area contributed by atoms with Crippen LogP contribution in [0.2, 0.25) is 0 Å². The number of nitro benzene ring substituents is 1. The van der Waals surface area contributed by atoms with Gasteiger partial charge >= 0.3 is 0 Å². The van der Waals surface area contributed by atoms with E-state index in [4.69, 9.17) is 0 Å². The fraction of sp³-hybridized carbons (Fsp3) is 0.400. The molecule has 2 atom stereocenters. The van der Waals surface area contributed by atoms with Crippen LogP contribution in [0.15, 0.2) is 29.1 Å².